The van der Waals surface area contributed by atoms with Gasteiger partial charge in [-0.25, -0.2) is 9.67 Å². The molecule has 2 aromatic rings. The van der Waals surface area contributed by atoms with Crippen LogP contribution in [0.15, 0.2) is 36.9 Å². The van der Waals surface area contributed by atoms with E-state index in [2.05, 4.69) is 15.4 Å². The zero-order valence-corrected chi connectivity index (χ0v) is 12.0. The maximum atomic E-state index is 12.7. The Morgan fingerprint density at radius 3 is 2.64 bits per heavy atom. The van der Waals surface area contributed by atoms with Gasteiger partial charge in [-0.1, -0.05) is 12.1 Å². The van der Waals surface area contributed by atoms with Gasteiger partial charge in [0.2, 0.25) is 5.91 Å². The second kappa shape index (κ2) is 6.17. The summed E-state index contributed by atoms with van der Waals surface area (Å²) in [6.45, 7) is 3.25. The van der Waals surface area contributed by atoms with E-state index in [4.69, 9.17) is 0 Å². The number of carbonyl (C=O) groups excluding carboxylic acids is 1. The lowest BCUT2D eigenvalue weighted by atomic mass is 10.0. The Morgan fingerprint density at radius 2 is 2.05 bits per heavy atom. The molecule has 0 radical (unpaired) electrons. The van der Waals surface area contributed by atoms with E-state index < -0.39 is 23.8 Å². The van der Waals surface area contributed by atoms with Crippen molar-refractivity contribution >= 4 is 5.91 Å². The zero-order valence-electron chi connectivity index (χ0n) is 12.0. The Morgan fingerprint density at radius 1 is 1.32 bits per heavy atom. The van der Waals surface area contributed by atoms with Crippen LogP contribution in [0.4, 0.5) is 13.2 Å². The zero-order chi connectivity index (χ0) is 16.3. The van der Waals surface area contributed by atoms with Crippen LogP contribution in [0, 0.1) is 0 Å². The lowest BCUT2D eigenvalue weighted by Gasteiger charge is -2.19. The summed E-state index contributed by atoms with van der Waals surface area (Å²) < 4.78 is 39.5. The Hall–Kier alpha value is -2.38. The first-order valence-corrected chi connectivity index (χ1v) is 6.60. The van der Waals surface area contributed by atoms with Crippen LogP contribution in [0.1, 0.15) is 37.1 Å². The minimum atomic E-state index is -4.41. The maximum Gasteiger partial charge on any atom is 0.416 e. The number of rotatable bonds is 4. The van der Waals surface area contributed by atoms with Gasteiger partial charge in [0.1, 0.15) is 18.7 Å². The Kier molecular flexibility index (Phi) is 4.48. The largest absolute Gasteiger partial charge is 0.416 e. The van der Waals surface area contributed by atoms with E-state index in [1.54, 1.807) is 19.9 Å². The molecule has 0 aliphatic heterocycles. The molecule has 1 heterocycles. The first-order chi connectivity index (χ1) is 10.3. The first kappa shape index (κ1) is 16.0. The lowest BCUT2D eigenvalue weighted by molar-refractivity contribution is -0.137. The van der Waals surface area contributed by atoms with Crippen LogP contribution in [0.5, 0.6) is 0 Å². The van der Waals surface area contributed by atoms with Crippen molar-refractivity contribution < 1.29 is 18.0 Å². The third kappa shape index (κ3) is 3.63. The number of hydrogen-bond donors (Lipinski definition) is 1. The van der Waals surface area contributed by atoms with Crippen molar-refractivity contribution in [1.29, 1.82) is 0 Å². The fraction of sp³-hybridized carbons (Fsp3) is 0.357. The van der Waals surface area contributed by atoms with E-state index in [-0.39, 0.29) is 5.91 Å². The standard InChI is InChI=1S/C14H15F3N4O/c1-9(11-4-3-5-12(6-11)14(15,16)17)20-13(22)10(2)21-8-18-7-19-21/h3-10H,1-2H3,(H,20,22). The number of alkyl halides is 3. The first-order valence-electron chi connectivity index (χ1n) is 6.60. The summed E-state index contributed by atoms with van der Waals surface area (Å²) in [5, 5.41) is 6.53. The third-order valence-corrected chi connectivity index (χ3v) is 3.29. The number of nitrogens with zero attached hydrogens (tertiary/aromatic N) is 3. The number of nitrogens with one attached hydrogen (secondary N) is 1. The maximum absolute atomic E-state index is 12.7. The van der Waals surface area contributed by atoms with Crippen LogP contribution in [0.25, 0.3) is 0 Å². The van der Waals surface area contributed by atoms with Gasteiger partial charge in [0.05, 0.1) is 11.6 Å². The number of aromatic nitrogens is 3. The third-order valence-electron chi connectivity index (χ3n) is 3.29. The highest BCUT2D eigenvalue weighted by molar-refractivity contribution is 5.80. The van der Waals surface area contributed by atoms with Crippen LogP contribution >= 0.6 is 0 Å². The van der Waals surface area contributed by atoms with Crippen LogP contribution in [0.3, 0.4) is 0 Å². The van der Waals surface area contributed by atoms with E-state index in [1.165, 1.54) is 23.4 Å². The number of hydrogen-bond acceptors (Lipinski definition) is 3. The quantitative estimate of drug-likeness (QED) is 0.944. The molecule has 5 nitrogen and oxygen atoms in total. The van der Waals surface area contributed by atoms with Crippen molar-refractivity contribution in [3.63, 3.8) is 0 Å². The molecule has 1 N–H and O–H groups in total. The SMILES string of the molecule is CC(NC(=O)C(C)n1cncn1)c1cccc(C(F)(F)F)c1. The fourth-order valence-electron chi connectivity index (χ4n) is 1.94. The molecule has 8 heteroatoms. The fourth-order valence-corrected chi connectivity index (χ4v) is 1.94. The molecular formula is C14H15F3N4O. The van der Waals surface area contributed by atoms with Gasteiger partial charge in [-0.3, -0.25) is 4.79 Å². The van der Waals surface area contributed by atoms with Crippen molar-refractivity contribution in [3.8, 4) is 0 Å². The van der Waals surface area contributed by atoms with Gasteiger partial charge in [-0.2, -0.15) is 18.3 Å². The number of benzene rings is 1. The highest BCUT2D eigenvalue weighted by atomic mass is 19.4. The Bertz CT molecular complexity index is 640. The summed E-state index contributed by atoms with van der Waals surface area (Å²) in [5.41, 5.74) is -0.357. The minimum absolute atomic E-state index is 0.351. The van der Waals surface area contributed by atoms with E-state index >= 15 is 0 Å². The molecule has 0 spiro atoms. The smallest absolute Gasteiger partial charge is 0.348 e. The van der Waals surface area contributed by atoms with Crippen molar-refractivity contribution in [2.45, 2.75) is 32.1 Å². The average Bonchev–Trinajstić information content (AvgIpc) is 2.99. The van der Waals surface area contributed by atoms with Crippen molar-refractivity contribution in [3.05, 3.63) is 48.0 Å². The summed E-state index contributed by atoms with van der Waals surface area (Å²) in [6, 6.07) is 3.74. The van der Waals surface area contributed by atoms with Crippen molar-refractivity contribution in [2.75, 3.05) is 0 Å². The number of halogens is 3. The number of amides is 1. The summed E-state index contributed by atoms with van der Waals surface area (Å²) in [7, 11) is 0. The molecule has 2 unspecified atom stereocenters. The van der Waals surface area contributed by atoms with Crippen LogP contribution in [0.2, 0.25) is 0 Å². The molecule has 0 fully saturated rings. The molecular weight excluding hydrogens is 297 g/mol. The molecule has 0 saturated heterocycles. The van der Waals surface area contributed by atoms with Crippen molar-refractivity contribution in [2.24, 2.45) is 0 Å². The van der Waals surface area contributed by atoms with Crippen LogP contribution < -0.4 is 5.32 Å². The van der Waals surface area contributed by atoms with Gasteiger partial charge in [0.25, 0.3) is 0 Å². The summed E-state index contributed by atoms with van der Waals surface area (Å²) >= 11 is 0. The molecule has 118 valence electrons. The van der Waals surface area contributed by atoms with Gasteiger partial charge < -0.3 is 5.32 Å². The van der Waals surface area contributed by atoms with E-state index in [1.807, 2.05) is 0 Å². The van der Waals surface area contributed by atoms with Gasteiger partial charge in [-0.15, -0.1) is 0 Å². The van der Waals surface area contributed by atoms with Crippen LogP contribution in [-0.2, 0) is 11.0 Å². The van der Waals surface area contributed by atoms with E-state index in [9.17, 15) is 18.0 Å². The molecule has 0 bridgehead atoms. The molecule has 1 amide bonds. The molecule has 0 saturated carbocycles. The molecule has 1 aromatic carbocycles. The van der Waals surface area contributed by atoms with Gasteiger partial charge in [0.15, 0.2) is 0 Å². The summed E-state index contributed by atoms with van der Waals surface area (Å²) in [5.74, 6) is -0.351. The lowest BCUT2D eigenvalue weighted by Crippen LogP contribution is -2.33. The molecule has 1 aromatic heterocycles. The summed E-state index contributed by atoms with van der Waals surface area (Å²) in [6.07, 6.45) is -1.70. The monoisotopic (exact) mass is 312 g/mol. The van der Waals surface area contributed by atoms with Gasteiger partial charge >= 0.3 is 6.18 Å². The highest BCUT2D eigenvalue weighted by Gasteiger charge is 2.31. The molecule has 22 heavy (non-hydrogen) atoms. The second-order valence-corrected chi connectivity index (χ2v) is 4.90. The topological polar surface area (TPSA) is 59.8 Å². The molecule has 0 aliphatic carbocycles. The molecule has 2 atom stereocenters. The van der Waals surface area contributed by atoms with Gasteiger partial charge in [-0.05, 0) is 31.5 Å². The molecule has 2 rings (SSSR count). The second-order valence-electron chi connectivity index (χ2n) is 4.90. The van der Waals surface area contributed by atoms with E-state index in [0.717, 1.165) is 12.1 Å². The minimum Gasteiger partial charge on any atom is -0.348 e. The van der Waals surface area contributed by atoms with Crippen LogP contribution in [-0.4, -0.2) is 20.7 Å². The molecule has 0 aliphatic rings. The summed E-state index contributed by atoms with van der Waals surface area (Å²) in [4.78, 5) is 15.8. The predicted molar refractivity (Wildman–Crippen MR) is 72.7 cm³/mol. The Labute approximate surface area is 125 Å². The predicted octanol–water partition coefficient (Wildman–Crippen LogP) is 2.74. The highest BCUT2D eigenvalue weighted by Crippen LogP contribution is 2.30. The van der Waals surface area contributed by atoms with E-state index in [0.29, 0.717) is 5.56 Å². The normalized spacial score (nSPS) is 14.4. The van der Waals surface area contributed by atoms with Gasteiger partial charge in [0, 0.05) is 0 Å². The van der Waals surface area contributed by atoms with Crippen molar-refractivity contribution in [1.82, 2.24) is 20.1 Å². The number of carbonyl (C=O) groups is 1. The Balaban J connectivity index is 2.09. The average molecular weight is 312 g/mol.